The number of likely N-dealkylation sites (tertiary alicyclic amines) is 1. The number of hydrogen-bond donors (Lipinski definition) is 1. The molecule has 25 heavy (non-hydrogen) atoms. The van der Waals surface area contributed by atoms with Crippen LogP contribution in [0.5, 0.6) is 0 Å². The molecule has 0 radical (unpaired) electrons. The van der Waals surface area contributed by atoms with Crippen LogP contribution in [-0.4, -0.2) is 33.1 Å². The molecule has 6 heteroatoms. The molecule has 2 heterocycles. The van der Waals surface area contributed by atoms with Crippen LogP contribution in [0.3, 0.4) is 0 Å². The van der Waals surface area contributed by atoms with Crippen molar-refractivity contribution >= 4 is 6.03 Å². The van der Waals surface area contributed by atoms with Gasteiger partial charge in [-0.1, -0.05) is 12.1 Å². The fraction of sp³-hybridized carbons (Fsp3) is 0.474. The molecule has 1 aliphatic heterocycles. The van der Waals surface area contributed by atoms with Gasteiger partial charge in [-0.05, 0) is 50.8 Å². The van der Waals surface area contributed by atoms with Crippen molar-refractivity contribution in [3.05, 3.63) is 53.4 Å². The maximum absolute atomic E-state index is 13.8. The van der Waals surface area contributed by atoms with Gasteiger partial charge in [0.25, 0.3) is 0 Å². The van der Waals surface area contributed by atoms with Gasteiger partial charge in [-0.3, -0.25) is 0 Å². The van der Waals surface area contributed by atoms with Crippen molar-refractivity contribution in [1.82, 2.24) is 19.8 Å². The molecule has 0 bridgehead atoms. The standard InChI is InChI=1S/C19H25FN4O/c1-13-6-7-16(11-18(13)20)14(2)22-19(25)24-9-4-5-17(24)12-23-10-8-21-15(23)3/h6-8,10-11,14,17H,4-5,9,12H2,1-3H3,(H,22,25). The maximum atomic E-state index is 13.8. The minimum absolute atomic E-state index is 0.0891. The van der Waals surface area contributed by atoms with Crippen LogP contribution in [0.15, 0.2) is 30.6 Å². The summed E-state index contributed by atoms with van der Waals surface area (Å²) in [5, 5.41) is 3.00. The monoisotopic (exact) mass is 344 g/mol. The van der Waals surface area contributed by atoms with Crippen LogP contribution in [0.2, 0.25) is 0 Å². The van der Waals surface area contributed by atoms with E-state index in [9.17, 15) is 9.18 Å². The van der Waals surface area contributed by atoms with E-state index >= 15 is 0 Å². The van der Waals surface area contributed by atoms with Gasteiger partial charge in [0, 0.05) is 25.5 Å². The van der Waals surface area contributed by atoms with Crippen molar-refractivity contribution in [3.8, 4) is 0 Å². The third kappa shape index (κ3) is 3.83. The average Bonchev–Trinajstić information content (AvgIpc) is 3.20. The predicted molar refractivity (Wildman–Crippen MR) is 94.8 cm³/mol. The summed E-state index contributed by atoms with van der Waals surface area (Å²) in [6.45, 7) is 7.09. The normalized spacial score (nSPS) is 18.4. The average molecular weight is 344 g/mol. The Labute approximate surface area is 147 Å². The lowest BCUT2D eigenvalue weighted by molar-refractivity contribution is 0.184. The molecule has 5 nitrogen and oxygen atoms in total. The lowest BCUT2D eigenvalue weighted by Crippen LogP contribution is -2.45. The number of hydrogen-bond acceptors (Lipinski definition) is 2. The van der Waals surface area contributed by atoms with Crippen LogP contribution in [0.1, 0.15) is 42.8 Å². The number of carbonyl (C=O) groups is 1. The van der Waals surface area contributed by atoms with E-state index in [0.717, 1.165) is 37.3 Å². The Morgan fingerprint density at radius 1 is 1.44 bits per heavy atom. The van der Waals surface area contributed by atoms with Gasteiger partial charge in [0.2, 0.25) is 0 Å². The highest BCUT2D eigenvalue weighted by atomic mass is 19.1. The smallest absolute Gasteiger partial charge is 0.318 e. The lowest BCUT2D eigenvalue weighted by atomic mass is 10.1. The molecule has 1 fully saturated rings. The van der Waals surface area contributed by atoms with Crippen LogP contribution < -0.4 is 5.32 Å². The lowest BCUT2D eigenvalue weighted by Gasteiger charge is -2.27. The summed E-state index contributed by atoms with van der Waals surface area (Å²) in [4.78, 5) is 18.8. The van der Waals surface area contributed by atoms with Gasteiger partial charge in [-0.2, -0.15) is 0 Å². The molecule has 1 saturated heterocycles. The van der Waals surface area contributed by atoms with Crippen molar-refractivity contribution in [3.63, 3.8) is 0 Å². The second kappa shape index (κ2) is 7.25. The van der Waals surface area contributed by atoms with Crippen LogP contribution in [-0.2, 0) is 6.54 Å². The van der Waals surface area contributed by atoms with Gasteiger partial charge in [-0.25, -0.2) is 14.2 Å². The molecule has 2 aromatic rings. The first-order chi connectivity index (χ1) is 12.0. The number of aromatic nitrogens is 2. The van der Waals surface area contributed by atoms with Gasteiger partial charge < -0.3 is 14.8 Å². The molecule has 1 N–H and O–H groups in total. The van der Waals surface area contributed by atoms with E-state index in [2.05, 4.69) is 14.9 Å². The number of nitrogens with zero attached hydrogens (tertiary/aromatic N) is 3. The number of rotatable bonds is 4. The number of benzene rings is 1. The number of urea groups is 1. The molecule has 134 valence electrons. The summed E-state index contributed by atoms with van der Waals surface area (Å²) < 4.78 is 15.8. The first-order valence-corrected chi connectivity index (χ1v) is 8.76. The zero-order valence-electron chi connectivity index (χ0n) is 15.0. The van der Waals surface area contributed by atoms with E-state index in [0.29, 0.717) is 5.56 Å². The molecule has 1 aliphatic rings. The molecule has 1 aromatic carbocycles. The highest BCUT2D eigenvalue weighted by molar-refractivity contribution is 5.75. The van der Waals surface area contributed by atoms with E-state index in [-0.39, 0.29) is 23.9 Å². The molecule has 0 aliphatic carbocycles. The summed E-state index contributed by atoms with van der Waals surface area (Å²) in [5.41, 5.74) is 1.38. The Morgan fingerprint density at radius 3 is 2.92 bits per heavy atom. The molecule has 3 rings (SSSR count). The topological polar surface area (TPSA) is 50.2 Å². The van der Waals surface area contributed by atoms with Crippen LogP contribution in [0, 0.1) is 19.7 Å². The van der Waals surface area contributed by atoms with Gasteiger partial charge in [0.05, 0.1) is 12.1 Å². The number of imidazole rings is 1. The van der Waals surface area contributed by atoms with Crippen molar-refractivity contribution < 1.29 is 9.18 Å². The summed E-state index contributed by atoms with van der Waals surface area (Å²) in [5.74, 6) is 0.712. The third-order valence-electron chi connectivity index (χ3n) is 5.00. The Balaban J connectivity index is 1.65. The first-order valence-electron chi connectivity index (χ1n) is 8.76. The van der Waals surface area contributed by atoms with Crippen LogP contribution in [0.25, 0.3) is 0 Å². The third-order valence-corrected chi connectivity index (χ3v) is 5.00. The van der Waals surface area contributed by atoms with E-state index in [1.165, 1.54) is 6.07 Å². The quantitative estimate of drug-likeness (QED) is 0.922. The molecular formula is C19H25FN4O. The van der Waals surface area contributed by atoms with Crippen LogP contribution in [0.4, 0.5) is 9.18 Å². The minimum atomic E-state index is -0.242. The summed E-state index contributed by atoms with van der Waals surface area (Å²) in [6, 6.07) is 4.94. The van der Waals surface area contributed by atoms with Crippen molar-refractivity contribution in [2.45, 2.75) is 52.2 Å². The van der Waals surface area contributed by atoms with Gasteiger partial charge in [0.15, 0.2) is 0 Å². The van der Waals surface area contributed by atoms with E-state index in [1.807, 2.05) is 31.0 Å². The van der Waals surface area contributed by atoms with Crippen LogP contribution >= 0.6 is 0 Å². The fourth-order valence-corrected chi connectivity index (χ4v) is 3.35. The largest absolute Gasteiger partial charge is 0.333 e. The molecule has 0 saturated carbocycles. The minimum Gasteiger partial charge on any atom is -0.333 e. The first kappa shape index (κ1) is 17.5. The summed E-state index contributed by atoms with van der Waals surface area (Å²) in [7, 11) is 0. The predicted octanol–water partition coefficient (Wildman–Crippen LogP) is 3.57. The maximum Gasteiger partial charge on any atom is 0.318 e. The van der Waals surface area contributed by atoms with Crippen molar-refractivity contribution in [2.24, 2.45) is 0 Å². The van der Waals surface area contributed by atoms with E-state index in [4.69, 9.17) is 0 Å². The molecule has 0 spiro atoms. The van der Waals surface area contributed by atoms with Gasteiger partial charge >= 0.3 is 6.03 Å². The zero-order valence-corrected chi connectivity index (χ0v) is 15.0. The number of amides is 2. The summed E-state index contributed by atoms with van der Waals surface area (Å²) >= 11 is 0. The Bertz CT molecular complexity index is 758. The molecule has 2 amide bonds. The number of aryl methyl sites for hydroxylation is 2. The zero-order chi connectivity index (χ0) is 18.0. The highest BCUT2D eigenvalue weighted by Crippen LogP contribution is 2.22. The Hall–Kier alpha value is -2.37. The second-order valence-corrected chi connectivity index (χ2v) is 6.80. The molecule has 1 aromatic heterocycles. The summed E-state index contributed by atoms with van der Waals surface area (Å²) in [6.07, 6.45) is 5.71. The van der Waals surface area contributed by atoms with Crippen molar-refractivity contribution in [2.75, 3.05) is 6.54 Å². The van der Waals surface area contributed by atoms with Crippen molar-refractivity contribution in [1.29, 1.82) is 0 Å². The number of carbonyl (C=O) groups excluding carboxylic acids is 1. The highest BCUT2D eigenvalue weighted by Gasteiger charge is 2.30. The SMILES string of the molecule is Cc1ccc(C(C)NC(=O)N2CCCC2Cn2ccnc2C)cc1F. The van der Waals surface area contributed by atoms with Gasteiger partial charge in [0.1, 0.15) is 11.6 Å². The van der Waals surface area contributed by atoms with E-state index in [1.54, 1.807) is 19.2 Å². The van der Waals surface area contributed by atoms with E-state index < -0.39 is 0 Å². The fourth-order valence-electron chi connectivity index (χ4n) is 3.35. The van der Waals surface area contributed by atoms with Gasteiger partial charge in [-0.15, -0.1) is 0 Å². The Kier molecular flexibility index (Phi) is 5.06. The molecule has 2 unspecified atom stereocenters. The Morgan fingerprint density at radius 2 is 2.24 bits per heavy atom. The molecule has 2 atom stereocenters. The second-order valence-electron chi connectivity index (χ2n) is 6.80. The molecular weight excluding hydrogens is 319 g/mol. The number of nitrogens with one attached hydrogen (secondary N) is 1. The number of halogens is 1.